The fourth-order valence-corrected chi connectivity index (χ4v) is 3.85. The molecule has 0 saturated carbocycles. The molecule has 0 radical (unpaired) electrons. The Bertz CT molecular complexity index is 704. The molecule has 0 bridgehead atoms. The zero-order valence-corrected chi connectivity index (χ0v) is 15.9. The van der Waals surface area contributed by atoms with Crippen LogP contribution < -0.4 is 14.4 Å². The number of hydrogen-bond donors (Lipinski definition) is 1. The Morgan fingerprint density at radius 1 is 1.40 bits per heavy atom. The highest BCUT2D eigenvalue weighted by Gasteiger charge is 2.23. The third-order valence-electron chi connectivity index (χ3n) is 4.03. The molecule has 1 saturated heterocycles. The zero-order chi connectivity index (χ0) is 18.4. The largest absolute Gasteiger partial charge is 0.495 e. The fraction of sp³-hybridized carbons (Fsp3) is 0.562. The lowest BCUT2D eigenvalue weighted by molar-refractivity contribution is -0.127. The van der Waals surface area contributed by atoms with E-state index in [1.165, 1.54) is 17.5 Å². The first-order valence-electron chi connectivity index (χ1n) is 7.99. The molecule has 1 aliphatic rings. The molecule has 1 heterocycles. The minimum absolute atomic E-state index is 0.0653. The van der Waals surface area contributed by atoms with E-state index in [1.54, 1.807) is 12.1 Å². The van der Waals surface area contributed by atoms with Crippen molar-refractivity contribution in [1.29, 1.82) is 0 Å². The van der Waals surface area contributed by atoms with Crippen LogP contribution in [0, 0.1) is 5.92 Å². The molecule has 0 unspecified atom stereocenters. The summed E-state index contributed by atoms with van der Waals surface area (Å²) in [4.78, 5) is 12.1. The molecule has 2 rings (SSSR count). The van der Waals surface area contributed by atoms with E-state index in [0.717, 1.165) is 6.26 Å². The van der Waals surface area contributed by atoms with Crippen molar-refractivity contribution in [2.45, 2.75) is 12.8 Å². The number of methoxy groups -OCH3 is 1. The van der Waals surface area contributed by atoms with E-state index in [9.17, 15) is 13.2 Å². The molecule has 9 heteroatoms. The second kappa shape index (κ2) is 8.73. The van der Waals surface area contributed by atoms with Gasteiger partial charge in [-0.3, -0.25) is 9.10 Å². The van der Waals surface area contributed by atoms with Crippen molar-refractivity contribution < 1.29 is 22.7 Å². The normalized spacial score (nSPS) is 15.6. The van der Waals surface area contributed by atoms with Crippen molar-refractivity contribution in [3.8, 4) is 5.75 Å². The van der Waals surface area contributed by atoms with Crippen molar-refractivity contribution in [2.24, 2.45) is 5.92 Å². The summed E-state index contributed by atoms with van der Waals surface area (Å²) in [5.74, 6) is 0.326. The number of carbonyl (C=O) groups is 1. The van der Waals surface area contributed by atoms with Gasteiger partial charge in [-0.15, -0.1) is 0 Å². The van der Waals surface area contributed by atoms with Crippen LogP contribution in [0.25, 0.3) is 0 Å². The number of ether oxygens (including phenoxy) is 2. The van der Waals surface area contributed by atoms with Crippen LogP contribution in [0.3, 0.4) is 0 Å². The molecule has 7 nitrogen and oxygen atoms in total. The predicted molar refractivity (Wildman–Crippen MR) is 96.7 cm³/mol. The summed E-state index contributed by atoms with van der Waals surface area (Å²) in [5.41, 5.74) is 0.425. The Labute approximate surface area is 153 Å². The number of sulfonamides is 1. The molecule has 1 aliphatic heterocycles. The molecular weight excluding hydrogens is 368 g/mol. The average Bonchev–Trinajstić information content (AvgIpc) is 2.58. The number of rotatable bonds is 7. The highest BCUT2D eigenvalue weighted by molar-refractivity contribution is 7.92. The number of nitrogens with zero attached hydrogens (tertiary/aromatic N) is 1. The standard InChI is InChI=1S/C16H23ClN2O5S/c1-23-15-4-3-13(11-14(15)17)19(25(2,21)22)8-7-18-16(20)12-5-9-24-10-6-12/h3-4,11-12H,5-10H2,1-2H3,(H,18,20). The Kier molecular flexibility index (Phi) is 6.92. The monoisotopic (exact) mass is 390 g/mol. The molecule has 0 aliphatic carbocycles. The van der Waals surface area contributed by atoms with Gasteiger partial charge in [-0.25, -0.2) is 8.42 Å². The quantitative estimate of drug-likeness (QED) is 0.765. The number of halogens is 1. The molecular formula is C16H23ClN2O5S. The second-order valence-electron chi connectivity index (χ2n) is 5.83. The van der Waals surface area contributed by atoms with Gasteiger partial charge < -0.3 is 14.8 Å². The molecule has 0 aromatic heterocycles. The van der Waals surface area contributed by atoms with Gasteiger partial charge in [0.05, 0.1) is 30.6 Å². The fourth-order valence-electron chi connectivity index (χ4n) is 2.68. The summed E-state index contributed by atoms with van der Waals surface area (Å²) in [6.45, 7) is 1.50. The van der Waals surface area contributed by atoms with E-state index < -0.39 is 10.0 Å². The Balaban J connectivity index is 2.01. The smallest absolute Gasteiger partial charge is 0.232 e. The van der Waals surface area contributed by atoms with E-state index in [4.69, 9.17) is 21.1 Å². The molecule has 1 aromatic carbocycles. The average molecular weight is 391 g/mol. The van der Waals surface area contributed by atoms with Gasteiger partial charge in [0, 0.05) is 25.7 Å². The third-order valence-corrected chi connectivity index (χ3v) is 5.52. The second-order valence-corrected chi connectivity index (χ2v) is 8.15. The Morgan fingerprint density at radius 2 is 2.08 bits per heavy atom. The lowest BCUT2D eigenvalue weighted by atomic mass is 9.99. The van der Waals surface area contributed by atoms with Crippen LogP contribution in [0.15, 0.2) is 18.2 Å². The summed E-state index contributed by atoms with van der Waals surface area (Å²) in [6.07, 6.45) is 2.50. The summed E-state index contributed by atoms with van der Waals surface area (Å²) < 4.78 is 35.7. The predicted octanol–water partition coefficient (Wildman–Crippen LogP) is 1.66. The Hall–Kier alpha value is -1.51. The van der Waals surface area contributed by atoms with Crippen LogP contribution in [0.5, 0.6) is 5.75 Å². The minimum atomic E-state index is -3.51. The van der Waals surface area contributed by atoms with Gasteiger partial charge >= 0.3 is 0 Å². The molecule has 1 fully saturated rings. The molecule has 0 spiro atoms. The highest BCUT2D eigenvalue weighted by atomic mass is 35.5. The number of carbonyl (C=O) groups excluding carboxylic acids is 1. The molecule has 140 valence electrons. The number of benzene rings is 1. The SMILES string of the molecule is COc1ccc(N(CCNC(=O)C2CCOCC2)S(C)(=O)=O)cc1Cl. The van der Waals surface area contributed by atoms with E-state index in [-0.39, 0.29) is 24.9 Å². The molecule has 0 atom stereocenters. The van der Waals surface area contributed by atoms with Crippen LogP contribution in [0.1, 0.15) is 12.8 Å². The van der Waals surface area contributed by atoms with Gasteiger partial charge in [-0.05, 0) is 31.0 Å². The topological polar surface area (TPSA) is 84.9 Å². The Morgan fingerprint density at radius 3 is 2.64 bits per heavy atom. The van der Waals surface area contributed by atoms with Gasteiger partial charge in [-0.2, -0.15) is 0 Å². The van der Waals surface area contributed by atoms with Crippen LogP contribution >= 0.6 is 11.6 Å². The van der Waals surface area contributed by atoms with E-state index in [1.807, 2.05) is 0 Å². The third kappa shape index (κ3) is 5.49. The van der Waals surface area contributed by atoms with E-state index >= 15 is 0 Å². The van der Waals surface area contributed by atoms with Crippen LogP contribution in [0.4, 0.5) is 5.69 Å². The maximum atomic E-state index is 12.1. The summed E-state index contributed by atoms with van der Waals surface area (Å²) in [7, 11) is -2.03. The first-order chi connectivity index (χ1) is 11.8. The van der Waals surface area contributed by atoms with Crippen molar-refractivity contribution in [3.63, 3.8) is 0 Å². The number of amides is 1. The van der Waals surface area contributed by atoms with Gasteiger partial charge in [0.2, 0.25) is 15.9 Å². The summed E-state index contributed by atoms with van der Waals surface area (Å²) in [5, 5.41) is 3.12. The number of anilines is 1. The first kappa shape index (κ1) is 19.8. The molecule has 1 aromatic rings. The van der Waals surface area contributed by atoms with Gasteiger partial charge in [-0.1, -0.05) is 11.6 Å². The van der Waals surface area contributed by atoms with Crippen molar-refractivity contribution in [3.05, 3.63) is 23.2 Å². The summed E-state index contributed by atoms with van der Waals surface area (Å²) >= 11 is 6.08. The van der Waals surface area contributed by atoms with Gasteiger partial charge in [0.25, 0.3) is 0 Å². The van der Waals surface area contributed by atoms with Crippen LogP contribution in [-0.4, -0.2) is 54.0 Å². The van der Waals surface area contributed by atoms with Crippen molar-refractivity contribution >= 4 is 33.2 Å². The number of hydrogen-bond acceptors (Lipinski definition) is 5. The lowest BCUT2D eigenvalue weighted by Crippen LogP contribution is -2.41. The maximum absolute atomic E-state index is 12.1. The number of nitrogens with one attached hydrogen (secondary N) is 1. The lowest BCUT2D eigenvalue weighted by Gasteiger charge is -2.25. The van der Waals surface area contributed by atoms with E-state index in [0.29, 0.717) is 42.5 Å². The van der Waals surface area contributed by atoms with Crippen molar-refractivity contribution in [1.82, 2.24) is 5.32 Å². The molecule has 1 N–H and O–H groups in total. The van der Waals surface area contributed by atoms with Crippen LogP contribution in [-0.2, 0) is 19.6 Å². The molecule has 25 heavy (non-hydrogen) atoms. The van der Waals surface area contributed by atoms with Gasteiger partial charge in [0.1, 0.15) is 5.75 Å². The highest BCUT2D eigenvalue weighted by Crippen LogP contribution is 2.30. The van der Waals surface area contributed by atoms with Gasteiger partial charge in [0.15, 0.2) is 0 Å². The van der Waals surface area contributed by atoms with Crippen molar-refractivity contribution in [2.75, 3.05) is 44.0 Å². The summed E-state index contributed by atoms with van der Waals surface area (Å²) in [6, 6.07) is 4.75. The first-order valence-corrected chi connectivity index (χ1v) is 10.2. The zero-order valence-electron chi connectivity index (χ0n) is 14.3. The molecule has 1 amide bonds. The maximum Gasteiger partial charge on any atom is 0.232 e. The van der Waals surface area contributed by atoms with E-state index in [2.05, 4.69) is 5.32 Å². The van der Waals surface area contributed by atoms with Crippen LogP contribution in [0.2, 0.25) is 5.02 Å². The minimum Gasteiger partial charge on any atom is -0.495 e.